The van der Waals surface area contributed by atoms with E-state index >= 15 is 0 Å². The van der Waals surface area contributed by atoms with E-state index in [4.69, 9.17) is 4.98 Å². The normalized spacial score (nSPS) is 23.0. The summed E-state index contributed by atoms with van der Waals surface area (Å²) in [5.74, 6) is 1.68. The van der Waals surface area contributed by atoms with Crippen molar-refractivity contribution in [2.45, 2.75) is 25.9 Å². The quantitative estimate of drug-likeness (QED) is 0.762. The van der Waals surface area contributed by atoms with E-state index in [1.165, 1.54) is 9.40 Å². The van der Waals surface area contributed by atoms with Crippen LogP contribution in [0.5, 0.6) is 0 Å². The lowest BCUT2D eigenvalue weighted by Crippen LogP contribution is -2.54. The first-order valence-corrected chi connectivity index (χ1v) is 8.79. The molecule has 1 saturated heterocycles. The predicted octanol–water partition coefficient (Wildman–Crippen LogP) is 2.93. The molecule has 0 radical (unpaired) electrons. The molecule has 0 bridgehead atoms. The van der Waals surface area contributed by atoms with Gasteiger partial charge in [0.1, 0.15) is 0 Å². The van der Waals surface area contributed by atoms with Crippen LogP contribution in [-0.4, -0.2) is 40.4 Å². The second-order valence-electron chi connectivity index (χ2n) is 5.62. The lowest BCUT2D eigenvalue weighted by atomic mass is 10.1. The second kappa shape index (κ2) is 5.08. The van der Waals surface area contributed by atoms with Crippen LogP contribution in [0.4, 0.5) is 5.95 Å². The number of fused-ring (bicyclic) bond motifs is 1. The fourth-order valence-corrected chi connectivity index (χ4v) is 4.93. The zero-order valence-corrected chi connectivity index (χ0v) is 13.6. The summed E-state index contributed by atoms with van der Waals surface area (Å²) in [4.78, 5) is 8.11. The molecule has 3 aromatic heterocycles. The number of anilines is 1. The summed E-state index contributed by atoms with van der Waals surface area (Å²) in [6.07, 6.45) is 0. The van der Waals surface area contributed by atoms with E-state index in [1.807, 2.05) is 0 Å². The molecule has 0 saturated carbocycles. The minimum atomic E-state index is 0.461. The smallest absolute Gasteiger partial charge is 0.245 e. The monoisotopic (exact) mass is 319 g/mol. The first-order chi connectivity index (χ1) is 10.2. The molecule has 7 heteroatoms. The van der Waals surface area contributed by atoms with Crippen LogP contribution in [0.15, 0.2) is 17.5 Å². The van der Waals surface area contributed by atoms with Gasteiger partial charge in [-0.15, -0.1) is 27.8 Å². The van der Waals surface area contributed by atoms with Crippen LogP contribution >= 0.6 is 22.7 Å². The Morgan fingerprint density at radius 1 is 1.24 bits per heavy atom. The van der Waals surface area contributed by atoms with Gasteiger partial charge in [-0.2, -0.15) is 4.98 Å². The Morgan fingerprint density at radius 2 is 2.05 bits per heavy atom. The molecule has 1 aliphatic rings. The van der Waals surface area contributed by atoms with E-state index in [0.717, 1.165) is 29.7 Å². The summed E-state index contributed by atoms with van der Waals surface area (Å²) in [7, 11) is 0. The number of H-pyrrole nitrogens is 1. The van der Waals surface area contributed by atoms with Crippen LogP contribution < -0.4 is 10.2 Å². The Labute approximate surface area is 131 Å². The van der Waals surface area contributed by atoms with Gasteiger partial charge in [-0.25, -0.2) is 0 Å². The Balaban J connectivity index is 1.61. The standard InChI is InChI=1S/C14H17N5S2/c1-8-6-19(7-9(2)15-8)14-16-13(17-18-14)12-5-11-10(21-12)3-4-20-11/h3-5,8-9,15H,6-7H2,1-2H3,(H,16,17,18). The number of nitrogens with one attached hydrogen (secondary N) is 2. The highest BCUT2D eigenvalue weighted by atomic mass is 32.1. The molecule has 4 rings (SSSR count). The maximum Gasteiger partial charge on any atom is 0.245 e. The van der Waals surface area contributed by atoms with Gasteiger partial charge in [-0.1, -0.05) is 0 Å². The van der Waals surface area contributed by atoms with Gasteiger partial charge >= 0.3 is 0 Å². The van der Waals surface area contributed by atoms with Crippen molar-refractivity contribution in [2.75, 3.05) is 18.0 Å². The minimum Gasteiger partial charge on any atom is -0.336 e. The van der Waals surface area contributed by atoms with Crippen LogP contribution in [0, 0.1) is 0 Å². The van der Waals surface area contributed by atoms with Crippen molar-refractivity contribution in [1.29, 1.82) is 0 Å². The lowest BCUT2D eigenvalue weighted by Gasteiger charge is -2.35. The number of hydrogen-bond donors (Lipinski definition) is 2. The molecule has 2 unspecified atom stereocenters. The summed E-state index contributed by atoms with van der Waals surface area (Å²) in [6, 6.07) is 5.27. The molecule has 2 N–H and O–H groups in total. The SMILES string of the molecule is CC1CN(c2n[nH]c(-c3cc4sccc4s3)n2)CC(C)N1. The molecule has 0 amide bonds. The summed E-state index contributed by atoms with van der Waals surface area (Å²) in [5.41, 5.74) is 0. The van der Waals surface area contributed by atoms with Gasteiger partial charge in [0.2, 0.25) is 5.95 Å². The topological polar surface area (TPSA) is 56.8 Å². The van der Waals surface area contributed by atoms with Crippen molar-refractivity contribution in [1.82, 2.24) is 20.5 Å². The number of piperazine rings is 1. The Morgan fingerprint density at radius 3 is 2.81 bits per heavy atom. The van der Waals surface area contributed by atoms with Gasteiger partial charge in [0.05, 0.1) is 4.88 Å². The molecular formula is C14H17N5S2. The van der Waals surface area contributed by atoms with Gasteiger partial charge in [0, 0.05) is 34.6 Å². The Hall–Kier alpha value is -1.44. The molecule has 5 nitrogen and oxygen atoms in total. The number of hydrogen-bond acceptors (Lipinski definition) is 6. The second-order valence-corrected chi connectivity index (χ2v) is 7.65. The third-order valence-corrected chi connectivity index (χ3v) is 5.79. The molecule has 110 valence electrons. The van der Waals surface area contributed by atoms with E-state index in [2.05, 4.69) is 51.8 Å². The van der Waals surface area contributed by atoms with Crippen LogP contribution in [0.1, 0.15) is 13.8 Å². The van der Waals surface area contributed by atoms with Crippen molar-refractivity contribution in [3.8, 4) is 10.7 Å². The van der Waals surface area contributed by atoms with Gasteiger partial charge in [-0.05, 0) is 31.4 Å². The van der Waals surface area contributed by atoms with Crippen LogP contribution in [-0.2, 0) is 0 Å². The number of aromatic amines is 1. The van der Waals surface area contributed by atoms with Crippen molar-refractivity contribution < 1.29 is 0 Å². The number of rotatable bonds is 2. The zero-order chi connectivity index (χ0) is 14.4. The summed E-state index contributed by atoms with van der Waals surface area (Å²) in [6.45, 7) is 6.29. The first-order valence-electron chi connectivity index (χ1n) is 7.10. The molecule has 0 aliphatic carbocycles. The Bertz CT molecular complexity index is 720. The molecule has 0 aromatic carbocycles. The van der Waals surface area contributed by atoms with Crippen molar-refractivity contribution in [3.63, 3.8) is 0 Å². The van der Waals surface area contributed by atoms with Crippen molar-refractivity contribution >= 4 is 38.0 Å². The molecule has 2 atom stereocenters. The van der Waals surface area contributed by atoms with Gasteiger partial charge in [0.15, 0.2) is 5.82 Å². The molecular weight excluding hydrogens is 302 g/mol. The van der Waals surface area contributed by atoms with Crippen LogP contribution in [0.25, 0.3) is 20.1 Å². The maximum atomic E-state index is 4.69. The first kappa shape index (κ1) is 13.2. The van der Waals surface area contributed by atoms with Gasteiger partial charge in [-0.3, -0.25) is 5.10 Å². The lowest BCUT2D eigenvalue weighted by molar-refractivity contribution is 0.403. The Kier molecular flexibility index (Phi) is 3.20. The average molecular weight is 319 g/mol. The molecule has 21 heavy (non-hydrogen) atoms. The fraction of sp³-hybridized carbons (Fsp3) is 0.429. The summed E-state index contributed by atoms with van der Waals surface area (Å²) < 4.78 is 2.63. The fourth-order valence-electron chi connectivity index (χ4n) is 2.88. The highest BCUT2D eigenvalue weighted by molar-refractivity contribution is 7.28. The highest BCUT2D eigenvalue weighted by Crippen LogP contribution is 2.35. The highest BCUT2D eigenvalue weighted by Gasteiger charge is 2.24. The maximum absolute atomic E-state index is 4.69. The summed E-state index contributed by atoms with van der Waals surface area (Å²) in [5, 5.41) is 13.2. The molecule has 1 fully saturated rings. The van der Waals surface area contributed by atoms with Crippen molar-refractivity contribution in [3.05, 3.63) is 17.5 Å². The third kappa shape index (κ3) is 2.45. The van der Waals surface area contributed by atoms with E-state index in [1.54, 1.807) is 22.7 Å². The van der Waals surface area contributed by atoms with Gasteiger partial charge < -0.3 is 10.2 Å². The molecule has 0 spiro atoms. The van der Waals surface area contributed by atoms with Crippen LogP contribution in [0.3, 0.4) is 0 Å². The van der Waals surface area contributed by atoms with E-state index in [-0.39, 0.29) is 0 Å². The third-order valence-electron chi connectivity index (χ3n) is 3.69. The van der Waals surface area contributed by atoms with Crippen molar-refractivity contribution in [2.24, 2.45) is 0 Å². The number of aromatic nitrogens is 3. The van der Waals surface area contributed by atoms with E-state index < -0.39 is 0 Å². The van der Waals surface area contributed by atoms with Crippen LogP contribution in [0.2, 0.25) is 0 Å². The molecule has 1 aliphatic heterocycles. The van der Waals surface area contributed by atoms with E-state index in [0.29, 0.717) is 12.1 Å². The zero-order valence-electron chi connectivity index (χ0n) is 12.0. The average Bonchev–Trinajstić information content (AvgIpc) is 3.12. The predicted molar refractivity (Wildman–Crippen MR) is 89.4 cm³/mol. The molecule has 4 heterocycles. The minimum absolute atomic E-state index is 0.461. The van der Waals surface area contributed by atoms with E-state index in [9.17, 15) is 0 Å². The van der Waals surface area contributed by atoms with Gasteiger partial charge in [0.25, 0.3) is 0 Å². The summed E-state index contributed by atoms with van der Waals surface area (Å²) >= 11 is 3.53. The number of nitrogens with zero attached hydrogens (tertiary/aromatic N) is 3. The largest absolute Gasteiger partial charge is 0.336 e. The molecule has 3 aromatic rings. The number of thiophene rings is 2.